The SMILES string of the molecule is COc1ccc(C(O)CNCc2cnc3c(C)cccn23)cc1. The van der Waals surface area contributed by atoms with Crippen molar-refractivity contribution >= 4 is 5.65 Å². The van der Waals surface area contributed by atoms with Gasteiger partial charge in [0, 0.05) is 19.3 Å². The van der Waals surface area contributed by atoms with Crippen LogP contribution in [0.25, 0.3) is 5.65 Å². The third-order valence-corrected chi connectivity index (χ3v) is 3.95. The summed E-state index contributed by atoms with van der Waals surface area (Å²) in [6, 6.07) is 11.5. The van der Waals surface area contributed by atoms with Crippen LogP contribution >= 0.6 is 0 Å². The lowest BCUT2D eigenvalue weighted by Gasteiger charge is -2.12. The van der Waals surface area contributed by atoms with Gasteiger partial charge in [0.25, 0.3) is 0 Å². The number of rotatable bonds is 6. The molecule has 0 saturated heterocycles. The lowest BCUT2D eigenvalue weighted by Crippen LogP contribution is -2.21. The highest BCUT2D eigenvalue weighted by Gasteiger charge is 2.09. The quantitative estimate of drug-likeness (QED) is 0.734. The number of hydrogen-bond acceptors (Lipinski definition) is 4. The number of nitrogens with one attached hydrogen (secondary N) is 1. The van der Waals surface area contributed by atoms with E-state index in [0.29, 0.717) is 13.1 Å². The molecule has 0 saturated carbocycles. The zero-order valence-electron chi connectivity index (χ0n) is 13.4. The van der Waals surface area contributed by atoms with E-state index in [1.54, 1.807) is 7.11 Å². The zero-order chi connectivity index (χ0) is 16.2. The number of aryl methyl sites for hydroxylation is 1. The smallest absolute Gasteiger partial charge is 0.139 e. The van der Waals surface area contributed by atoms with Gasteiger partial charge in [0.05, 0.1) is 25.1 Å². The van der Waals surface area contributed by atoms with E-state index in [0.717, 1.165) is 28.2 Å². The second kappa shape index (κ2) is 6.81. The van der Waals surface area contributed by atoms with Crippen LogP contribution in [-0.2, 0) is 6.54 Å². The highest BCUT2D eigenvalue weighted by atomic mass is 16.5. The Labute approximate surface area is 135 Å². The first-order chi connectivity index (χ1) is 11.2. The molecule has 0 aliphatic rings. The van der Waals surface area contributed by atoms with Crippen LogP contribution in [0.5, 0.6) is 5.75 Å². The van der Waals surface area contributed by atoms with E-state index in [-0.39, 0.29) is 0 Å². The standard InChI is InChI=1S/C18H21N3O2/c1-13-4-3-9-21-15(11-20-18(13)21)10-19-12-17(22)14-5-7-16(23-2)8-6-14/h3-9,11,17,19,22H,10,12H2,1-2H3. The van der Waals surface area contributed by atoms with E-state index in [1.807, 2.05) is 55.7 Å². The number of hydrogen-bond donors (Lipinski definition) is 2. The van der Waals surface area contributed by atoms with Crippen LogP contribution in [0.2, 0.25) is 0 Å². The summed E-state index contributed by atoms with van der Waals surface area (Å²) in [5, 5.41) is 13.5. The summed E-state index contributed by atoms with van der Waals surface area (Å²) < 4.78 is 7.19. The van der Waals surface area contributed by atoms with Gasteiger partial charge in [-0.2, -0.15) is 0 Å². The van der Waals surface area contributed by atoms with Gasteiger partial charge in [-0.05, 0) is 36.2 Å². The fourth-order valence-electron chi connectivity index (χ4n) is 2.61. The van der Waals surface area contributed by atoms with Crippen LogP contribution in [0.1, 0.15) is 22.9 Å². The van der Waals surface area contributed by atoms with E-state index in [2.05, 4.69) is 14.7 Å². The van der Waals surface area contributed by atoms with Crippen LogP contribution in [0.4, 0.5) is 0 Å². The molecule has 2 heterocycles. The summed E-state index contributed by atoms with van der Waals surface area (Å²) in [4.78, 5) is 4.44. The molecule has 0 radical (unpaired) electrons. The van der Waals surface area contributed by atoms with Crippen LogP contribution in [0.15, 0.2) is 48.8 Å². The monoisotopic (exact) mass is 311 g/mol. The summed E-state index contributed by atoms with van der Waals surface area (Å²) >= 11 is 0. The van der Waals surface area contributed by atoms with E-state index in [1.165, 1.54) is 0 Å². The maximum atomic E-state index is 10.2. The Morgan fingerprint density at radius 1 is 1.26 bits per heavy atom. The van der Waals surface area contributed by atoms with Crippen molar-refractivity contribution in [2.24, 2.45) is 0 Å². The highest BCUT2D eigenvalue weighted by molar-refractivity contribution is 5.48. The zero-order valence-corrected chi connectivity index (χ0v) is 13.4. The lowest BCUT2D eigenvalue weighted by molar-refractivity contribution is 0.174. The van der Waals surface area contributed by atoms with Gasteiger partial charge >= 0.3 is 0 Å². The molecule has 5 heteroatoms. The number of fused-ring (bicyclic) bond motifs is 1. The predicted molar refractivity (Wildman–Crippen MR) is 89.6 cm³/mol. The summed E-state index contributed by atoms with van der Waals surface area (Å²) in [6.45, 7) is 3.18. The number of aliphatic hydroxyl groups excluding tert-OH is 1. The molecular weight excluding hydrogens is 290 g/mol. The van der Waals surface area contributed by atoms with Crippen LogP contribution in [-0.4, -0.2) is 28.1 Å². The lowest BCUT2D eigenvalue weighted by atomic mass is 10.1. The van der Waals surface area contributed by atoms with Gasteiger partial charge in [-0.15, -0.1) is 0 Å². The van der Waals surface area contributed by atoms with Crippen molar-refractivity contribution in [3.05, 3.63) is 65.6 Å². The first-order valence-corrected chi connectivity index (χ1v) is 7.63. The molecule has 1 aromatic carbocycles. The van der Waals surface area contributed by atoms with Gasteiger partial charge < -0.3 is 19.6 Å². The molecule has 0 aliphatic heterocycles. The Morgan fingerprint density at radius 3 is 2.78 bits per heavy atom. The minimum absolute atomic E-state index is 0.478. The van der Waals surface area contributed by atoms with Crippen LogP contribution in [0, 0.1) is 6.92 Å². The molecule has 3 aromatic rings. The van der Waals surface area contributed by atoms with Gasteiger partial charge in [-0.1, -0.05) is 18.2 Å². The van der Waals surface area contributed by atoms with Crippen molar-refractivity contribution in [3.8, 4) is 5.75 Å². The Hall–Kier alpha value is -2.37. The third kappa shape index (κ3) is 3.36. The molecule has 1 unspecified atom stereocenters. The second-order valence-corrected chi connectivity index (χ2v) is 5.55. The number of aromatic nitrogens is 2. The topological polar surface area (TPSA) is 58.8 Å². The molecule has 0 amide bonds. The molecule has 0 aliphatic carbocycles. The fraction of sp³-hybridized carbons (Fsp3) is 0.278. The minimum atomic E-state index is -0.554. The third-order valence-electron chi connectivity index (χ3n) is 3.95. The van der Waals surface area contributed by atoms with Crippen molar-refractivity contribution in [1.29, 1.82) is 0 Å². The number of benzene rings is 1. The molecule has 1 atom stereocenters. The number of methoxy groups -OCH3 is 1. The van der Waals surface area contributed by atoms with E-state index >= 15 is 0 Å². The molecule has 0 fully saturated rings. The Morgan fingerprint density at radius 2 is 2.04 bits per heavy atom. The Balaban J connectivity index is 1.60. The summed E-state index contributed by atoms with van der Waals surface area (Å²) in [5.74, 6) is 0.787. The van der Waals surface area contributed by atoms with Gasteiger partial charge in [-0.25, -0.2) is 4.98 Å². The van der Waals surface area contributed by atoms with Crippen LogP contribution in [0.3, 0.4) is 0 Å². The van der Waals surface area contributed by atoms with E-state index in [4.69, 9.17) is 4.74 Å². The van der Waals surface area contributed by atoms with Gasteiger partial charge in [0.2, 0.25) is 0 Å². The van der Waals surface area contributed by atoms with Crippen LogP contribution < -0.4 is 10.1 Å². The number of nitrogens with zero attached hydrogens (tertiary/aromatic N) is 2. The molecule has 23 heavy (non-hydrogen) atoms. The molecular formula is C18H21N3O2. The summed E-state index contributed by atoms with van der Waals surface area (Å²) in [5.41, 5.74) is 4.06. The second-order valence-electron chi connectivity index (χ2n) is 5.55. The van der Waals surface area contributed by atoms with Crippen molar-refractivity contribution in [3.63, 3.8) is 0 Å². The number of pyridine rings is 1. The molecule has 120 valence electrons. The molecule has 0 spiro atoms. The largest absolute Gasteiger partial charge is 0.497 e. The van der Waals surface area contributed by atoms with Gasteiger partial charge in [0.15, 0.2) is 0 Å². The molecule has 2 N–H and O–H groups in total. The van der Waals surface area contributed by atoms with Crippen molar-refractivity contribution in [2.45, 2.75) is 19.6 Å². The maximum absolute atomic E-state index is 10.2. The van der Waals surface area contributed by atoms with Crippen molar-refractivity contribution in [2.75, 3.05) is 13.7 Å². The van der Waals surface area contributed by atoms with Crippen molar-refractivity contribution < 1.29 is 9.84 Å². The molecule has 0 bridgehead atoms. The normalized spacial score (nSPS) is 12.5. The molecule has 3 rings (SSSR count). The van der Waals surface area contributed by atoms with E-state index in [9.17, 15) is 5.11 Å². The minimum Gasteiger partial charge on any atom is -0.497 e. The van der Waals surface area contributed by atoms with Gasteiger partial charge in [-0.3, -0.25) is 0 Å². The Bertz CT molecular complexity index is 781. The molecule has 2 aromatic heterocycles. The first kappa shape index (κ1) is 15.5. The highest BCUT2D eigenvalue weighted by Crippen LogP contribution is 2.17. The number of ether oxygens (including phenoxy) is 1. The van der Waals surface area contributed by atoms with E-state index < -0.39 is 6.10 Å². The summed E-state index contributed by atoms with van der Waals surface area (Å²) in [6.07, 6.45) is 3.32. The number of aliphatic hydroxyl groups is 1. The average Bonchev–Trinajstić information content (AvgIpc) is 2.99. The number of imidazole rings is 1. The fourth-order valence-corrected chi connectivity index (χ4v) is 2.61. The van der Waals surface area contributed by atoms with Gasteiger partial charge in [0.1, 0.15) is 11.4 Å². The summed E-state index contributed by atoms with van der Waals surface area (Å²) in [7, 11) is 1.63. The maximum Gasteiger partial charge on any atom is 0.139 e. The predicted octanol–water partition coefficient (Wildman–Crippen LogP) is 2.47. The van der Waals surface area contributed by atoms with Crippen molar-refractivity contribution in [1.82, 2.24) is 14.7 Å². The first-order valence-electron chi connectivity index (χ1n) is 7.63. The Kier molecular flexibility index (Phi) is 4.60. The average molecular weight is 311 g/mol. The molecule has 5 nitrogen and oxygen atoms in total.